The first-order valence-electron chi connectivity index (χ1n) is 5.94. The number of anilines is 1. The molecule has 1 atom stereocenters. The highest BCUT2D eigenvalue weighted by Gasteiger charge is 2.11. The summed E-state index contributed by atoms with van der Waals surface area (Å²) in [7, 11) is 0. The summed E-state index contributed by atoms with van der Waals surface area (Å²) >= 11 is 3.35. The Kier molecular flexibility index (Phi) is 5.82. The van der Waals surface area contributed by atoms with Crippen LogP contribution in [0.15, 0.2) is 22.7 Å². The van der Waals surface area contributed by atoms with Crippen molar-refractivity contribution >= 4 is 33.6 Å². The molecule has 0 aliphatic rings. The zero-order valence-electron chi connectivity index (χ0n) is 10.9. The van der Waals surface area contributed by atoms with E-state index in [4.69, 9.17) is 5.11 Å². The number of amides is 2. The van der Waals surface area contributed by atoms with Crippen LogP contribution in [0.5, 0.6) is 0 Å². The first-order chi connectivity index (χ1) is 8.90. The van der Waals surface area contributed by atoms with Gasteiger partial charge in [-0.1, -0.05) is 13.0 Å². The highest BCUT2D eigenvalue weighted by molar-refractivity contribution is 9.10. The van der Waals surface area contributed by atoms with Gasteiger partial charge in [-0.25, -0.2) is 4.79 Å². The van der Waals surface area contributed by atoms with Crippen LogP contribution in [0.1, 0.15) is 18.9 Å². The summed E-state index contributed by atoms with van der Waals surface area (Å²) in [5.74, 6) is -1.32. The Balaban J connectivity index is 2.43. The molecule has 6 heteroatoms. The molecule has 0 aromatic heterocycles. The molecule has 19 heavy (non-hydrogen) atoms. The van der Waals surface area contributed by atoms with Crippen molar-refractivity contribution in [2.24, 2.45) is 5.92 Å². The lowest BCUT2D eigenvalue weighted by atomic mass is 10.1. The van der Waals surface area contributed by atoms with E-state index in [9.17, 15) is 9.59 Å². The van der Waals surface area contributed by atoms with Crippen LogP contribution in [-0.4, -0.2) is 23.7 Å². The number of hydrogen-bond acceptors (Lipinski definition) is 2. The maximum atomic E-state index is 11.6. The van der Waals surface area contributed by atoms with Crippen molar-refractivity contribution in [2.75, 3.05) is 11.9 Å². The summed E-state index contributed by atoms with van der Waals surface area (Å²) < 4.78 is 0.798. The minimum Gasteiger partial charge on any atom is -0.481 e. The molecule has 1 aromatic carbocycles. The number of aliphatic carboxylic acids is 1. The lowest BCUT2D eigenvalue weighted by Gasteiger charge is -2.11. The predicted octanol–water partition coefficient (Wildman–Crippen LogP) is 2.99. The molecular formula is C13H17BrN2O3. The molecule has 3 N–H and O–H groups in total. The fourth-order valence-corrected chi connectivity index (χ4v) is 1.77. The van der Waals surface area contributed by atoms with E-state index in [1.165, 1.54) is 0 Å². The molecule has 2 amide bonds. The normalized spacial score (nSPS) is 11.7. The summed E-state index contributed by atoms with van der Waals surface area (Å²) in [5, 5.41) is 14.1. The van der Waals surface area contributed by atoms with E-state index in [-0.39, 0.29) is 6.03 Å². The van der Waals surface area contributed by atoms with E-state index in [1.54, 1.807) is 6.92 Å². The van der Waals surface area contributed by atoms with Gasteiger partial charge in [-0.3, -0.25) is 4.79 Å². The zero-order chi connectivity index (χ0) is 14.4. The third kappa shape index (κ3) is 5.30. The van der Waals surface area contributed by atoms with Gasteiger partial charge >= 0.3 is 12.0 Å². The van der Waals surface area contributed by atoms with Crippen molar-refractivity contribution in [1.82, 2.24) is 5.32 Å². The van der Waals surface area contributed by atoms with Crippen molar-refractivity contribution in [3.05, 3.63) is 28.2 Å². The highest BCUT2D eigenvalue weighted by Crippen LogP contribution is 2.23. The minimum absolute atomic E-state index is 0.322. The number of urea groups is 1. The van der Waals surface area contributed by atoms with Crippen LogP contribution in [0.2, 0.25) is 0 Å². The fourth-order valence-electron chi connectivity index (χ4n) is 1.43. The number of carbonyl (C=O) groups excluding carboxylic acids is 1. The van der Waals surface area contributed by atoms with Gasteiger partial charge < -0.3 is 15.7 Å². The van der Waals surface area contributed by atoms with Crippen LogP contribution in [0.25, 0.3) is 0 Å². The average Bonchev–Trinajstić information content (AvgIpc) is 2.33. The molecule has 0 aliphatic heterocycles. The molecule has 0 fully saturated rings. The molecule has 1 aromatic rings. The SMILES string of the molecule is Cc1ccc(Br)c(NC(=O)NCCC(C)C(=O)O)c1. The average molecular weight is 329 g/mol. The monoisotopic (exact) mass is 328 g/mol. The van der Waals surface area contributed by atoms with Crippen LogP contribution in [0.3, 0.4) is 0 Å². The van der Waals surface area contributed by atoms with Crippen LogP contribution >= 0.6 is 15.9 Å². The van der Waals surface area contributed by atoms with Gasteiger partial charge in [0.1, 0.15) is 0 Å². The second kappa shape index (κ2) is 7.13. The standard InChI is InChI=1S/C13H17BrN2O3/c1-8-3-4-10(14)11(7-8)16-13(19)15-6-5-9(2)12(17)18/h3-4,7,9H,5-6H2,1-2H3,(H,17,18)(H2,15,16,19). The van der Waals surface area contributed by atoms with Crippen molar-refractivity contribution < 1.29 is 14.7 Å². The first kappa shape index (κ1) is 15.5. The molecule has 1 rings (SSSR count). The van der Waals surface area contributed by atoms with E-state index in [0.29, 0.717) is 18.7 Å². The van der Waals surface area contributed by atoms with Crippen LogP contribution in [-0.2, 0) is 4.79 Å². The van der Waals surface area contributed by atoms with E-state index in [2.05, 4.69) is 26.6 Å². The maximum absolute atomic E-state index is 11.6. The number of carboxylic acids is 1. The molecule has 5 nitrogen and oxygen atoms in total. The van der Waals surface area contributed by atoms with Crippen molar-refractivity contribution in [2.45, 2.75) is 20.3 Å². The van der Waals surface area contributed by atoms with Crippen molar-refractivity contribution in [3.8, 4) is 0 Å². The molecule has 0 heterocycles. The molecule has 0 saturated carbocycles. The first-order valence-corrected chi connectivity index (χ1v) is 6.73. The number of aryl methyl sites for hydroxylation is 1. The number of halogens is 1. The maximum Gasteiger partial charge on any atom is 0.319 e. The third-order valence-electron chi connectivity index (χ3n) is 2.65. The third-order valence-corrected chi connectivity index (χ3v) is 3.35. The van der Waals surface area contributed by atoms with E-state index < -0.39 is 11.9 Å². The van der Waals surface area contributed by atoms with Gasteiger partial charge in [-0.15, -0.1) is 0 Å². The van der Waals surface area contributed by atoms with Gasteiger partial charge in [-0.05, 0) is 47.0 Å². The van der Waals surface area contributed by atoms with Gasteiger partial charge in [0.05, 0.1) is 11.6 Å². The Morgan fingerprint density at radius 3 is 2.74 bits per heavy atom. The second-order valence-corrected chi connectivity index (χ2v) is 5.25. The molecule has 1 unspecified atom stereocenters. The Morgan fingerprint density at radius 1 is 1.42 bits per heavy atom. The number of carbonyl (C=O) groups is 2. The summed E-state index contributed by atoms with van der Waals surface area (Å²) in [5.41, 5.74) is 1.72. The van der Waals surface area contributed by atoms with Crippen LogP contribution in [0.4, 0.5) is 10.5 Å². The molecule has 0 bridgehead atoms. The van der Waals surface area contributed by atoms with Gasteiger partial charge in [0.25, 0.3) is 0 Å². The van der Waals surface area contributed by atoms with E-state index in [1.807, 2.05) is 25.1 Å². The smallest absolute Gasteiger partial charge is 0.319 e. The Bertz CT molecular complexity index is 477. The summed E-state index contributed by atoms with van der Waals surface area (Å²) in [4.78, 5) is 22.3. The Morgan fingerprint density at radius 2 is 2.11 bits per heavy atom. The van der Waals surface area contributed by atoms with Crippen molar-refractivity contribution in [3.63, 3.8) is 0 Å². The lowest BCUT2D eigenvalue weighted by molar-refractivity contribution is -0.141. The van der Waals surface area contributed by atoms with E-state index in [0.717, 1.165) is 10.0 Å². The number of hydrogen-bond donors (Lipinski definition) is 3. The molecule has 0 radical (unpaired) electrons. The molecular weight excluding hydrogens is 312 g/mol. The van der Waals surface area contributed by atoms with Crippen molar-refractivity contribution in [1.29, 1.82) is 0 Å². The Hall–Kier alpha value is -1.56. The summed E-state index contributed by atoms with van der Waals surface area (Å²) in [6.07, 6.45) is 0.401. The van der Waals surface area contributed by atoms with E-state index >= 15 is 0 Å². The zero-order valence-corrected chi connectivity index (χ0v) is 12.5. The molecule has 0 saturated heterocycles. The van der Waals surface area contributed by atoms with Crippen LogP contribution in [0, 0.1) is 12.8 Å². The predicted molar refractivity (Wildman–Crippen MR) is 77.3 cm³/mol. The van der Waals surface area contributed by atoms with Gasteiger partial charge in [-0.2, -0.15) is 0 Å². The second-order valence-electron chi connectivity index (χ2n) is 4.39. The minimum atomic E-state index is -0.858. The fraction of sp³-hybridized carbons (Fsp3) is 0.385. The highest BCUT2D eigenvalue weighted by atomic mass is 79.9. The number of nitrogens with one attached hydrogen (secondary N) is 2. The molecule has 0 aliphatic carbocycles. The molecule has 0 spiro atoms. The number of rotatable bonds is 5. The van der Waals surface area contributed by atoms with Gasteiger partial charge in [0, 0.05) is 11.0 Å². The lowest BCUT2D eigenvalue weighted by Crippen LogP contribution is -2.31. The Labute approximate surface area is 120 Å². The quantitative estimate of drug-likeness (QED) is 0.777. The summed E-state index contributed by atoms with van der Waals surface area (Å²) in [6, 6.07) is 5.30. The van der Waals surface area contributed by atoms with Gasteiger partial charge in [0.2, 0.25) is 0 Å². The topological polar surface area (TPSA) is 78.4 Å². The molecule has 104 valence electrons. The van der Waals surface area contributed by atoms with Gasteiger partial charge in [0.15, 0.2) is 0 Å². The summed E-state index contributed by atoms with van der Waals surface area (Å²) in [6.45, 7) is 3.87. The largest absolute Gasteiger partial charge is 0.481 e. The number of benzene rings is 1. The van der Waals surface area contributed by atoms with Crippen LogP contribution < -0.4 is 10.6 Å². The number of carboxylic acid groups (broad SMARTS) is 1.